The molecule has 32 valence electrons. The van der Waals surface area contributed by atoms with E-state index in [4.69, 9.17) is 0 Å². The summed E-state index contributed by atoms with van der Waals surface area (Å²) in [5, 5.41) is 0. The van der Waals surface area contributed by atoms with Gasteiger partial charge in [0, 0.05) is 0 Å². The van der Waals surface area contributed by atoms with Crippen molar-refractivity contribution in [1.29, 1.82) is 0 Å². The SMILES string of the molecule is [Ba+2].[Ca+2].[Cl-].[Cl-].[Cl-].[Cl-].[K+].[Li+]. The molecule has 0 saturated carbocycles. The quantitative estimate of drug-likeness (QED) is 0.374. The van der Waals surface area contributed by atoms with Crippen LogP contribution >= 0.6 is 0 Å². The topological polar surface area (TPSA) is 0 Å². The Labute approximate surface area is 200 Å². The fourth-order valence-electron chi connectivity index (χ4n) is 0. The van der Waals surface area contributed by atoms with Crippen LogP contribution in [0, 0.1) is 0 Å². The zero-order valence-electron chi connectivity index (χ0n) is 4.93. The van der Waals surface area contributed by atoms with Crippen LogP contribution in [-0.4, -0.2) is 86.6 Å². The fourth-order valence-corrected chi connectivity index (χ4v) is 0. The average Bonchev–Trinajstić information content (AvgIpc) is 0. The van der Waals surface area contributed by atoms with Crippen molar-refractivity contribution in [3.8, 4) is 0 Å². The molecule has 0 rings (SSSR count). The molecular weight excluding hydrogens is 365 g/mol. The molecule has 0 N–H and O–H groups in total. The van der Waals surface area contributed by atoms with E-state index in [9.17, 15) is 0 Å². The Kier molecular flexibility index (Phi) is 409. The molecule has 8 heteroatoms. The first kappa shape index (κ1) is 64.2. The molecule has 0 fully saturated rings. The molecule has 0 aliphatic heterocycles. The number of rotatable bonds is 0. The van der Waals surface area contributed by atoms with Crippen molar-refractivity contribution in [2.24, 2.45) is 0 Å². The van der Waals surface area contributed by atoms with Crippen LogP contribution in [0.2, 0.25) is 0 Å². The molecule has 0 bridgehead atoms. The summed E-state index contributed by atoms with van der Waals surface area (Å²) in [6.45, 7) is 0. The van der Waals surface area contributed by atoms with E-state index in [0.29, 0.717) is 0 Å². The van der Waals surface area contributed by atoms with Gasteiger partial charge >= 0.3 is 157 Å². The van der Waals surface area contributed by atoms with Crippen LogP contribution in [0.5, 0.6) is 0 Å². The van der Waals surface area contributed by atoms with Crippen LogP contribution in [0.4, 0.5) is 0 Å². The molecule has 0 spiro atoms. The standard InChI is InChI=1S/Ba.Ca.4ClH.K.Li/h;;4*1H;;/q2*+2;;;;;2*+1/p-4. The van der Waals surface area contributed by atoms with Crippen LogP contribution in [0.25, 0.3) is 0 Å². The van der Waals surface area contributed by atoms with Gasteiger partial charge in [-0.3, -0.25) is 0 Å². The van der Waals surface area contributed by atoms with E-state index in [2.05, 4.69) is 0 Å². The average molecular weight is 365 g/mol. The van der Waals surface area contributed by atoms with Crippen LogP contribution in [0.15, 0.2) is 0 Å². The molecule has 0 atom stereocenters. The monoisotopic (exact) mass is 364 g/mol. The maximum atomic E-state index is 0. The summed E-state index contributed by atoms with van der Waals surface area (Å²) >= 11 is 0. The first-order chi connectivity index (χ1) is 0. The Bertz CT molecular complexity index is 16.0. The molecule has 8 heavy (non-hydrogen) atoms. The molecule has 0 aliphatic rings. The molecule has 0 unspecified atom stereocenters. The largest absolute Gasteiger partial charge is 2.00 e. The van der Waals surface area contributed by atoms with Gasteiger partial charge in [0.25, 0.3) is 0 Å². The molecule has 0 amide bonds. The van der Waals surface area contributed by atoms with Gasteiger partial charge in [-0.25, -0.2) is 0 Å². The molecule has 0 aromatic rings. The van der Waals surface area contributed by atoms with Crippen LogP contribution in [0.3, 0.4) is 0 Å². The maximum Gasteiger partial charge on any atom is 2.00 e. The second-order valence-corrected chi connectivity index (χ2v) is 0. The minimum absolute atomic E-state index is 0. The summed E-state index contributed by atoms with van der Waals surface area (Å²) in [4.78, 5) is 0. The Morgan fingerprint density at radius 2 is 0.625 bits per heavy atom. The maximum absolute atomic E-state index is 0. The fraction of sp³-hybridized carbons (Fsp3) is 0. The molecule has 0 aromatic carbocycles. The van der Waals surface area contributed by atoms with Crippen molar-refractivity contribution in [2.75, 3.05) is 0 Å². The minimum Gasteiger partial charge on any atom is -1.00 e. The second kappa shape index (κ2) is 51.0. The third-order valence-electron chi connectivity index (χ3n) is 0. The van der Waals surface area contributed by atoms with Gasteiger partial charge < -0.3 is 49.6 Å². The first-order valence-electron chi connectivity index (χ1n) is 0. The van der Waals surface area contributed by atoms with E-state index < -0.39 is 0 Å². The van der Waals surface area contributed by atoms with Gasteiger partial charge in [0.15, 0.2) is 0 Å². The van der Waals surface area contributed by atoms with Gasteiger partial charge in [0.05, 0.1) is 0 Å². The predicted molar refractivity (Wildman–Crippen MR) is 11.5 cm³/mol. The van der Waals surface area contributed by atoms with E-state index >= 15 is 0 Å². The van der Waals surface area contributed by atoms with Crippen molar-refractivity contribution < 1.29 is 120 Å². The van der Waals surface area contributed by atoms with Crippen molar-refractivity contribution >= 4 is 86.6 Å². The van der Waals surface area contributed by atoms with Crippen LogP contribution in [-0.2, 0) is 0 Å². The Morgan fingerprint density at radius 1 is 0.625 bits per heavy atom. The molecule has 0 heterocycles. The Hall–Kier alpha value is 6.22. The van der Waals surface area contributed by atoms with Crippen LogP contribution in [0.1, 0.15) is 0 Å². The second-order valence-electron chi connectivity index (χ2n) is 0. The summed E-state index contributed by atoms with van der Waals surface area (Å²) in [7, 11) is 0. The van der Waals surface area contributed by atoms with Crippen molar-refractivity contribution in [2.45, 2.75) is 0 Å². The zero-order chi connectivity index (χ0) is 0. The van der Waals surface area contributed by atoms with Gasteiger partial charge in [-0.1, -0.05) is 0 Å². The van der Waals surface area contributed by atoms with E-state index in [1.165, 1.54) is 0 Å². The van der Waals surface area contributed by atoms with Gasteiger partial charge in [-0.15, -0.1) is 0 Å². The molecule has 0 radical (unpaired) electrons. The van der Waals surface area contributed by atoms with Crippen molar-refractivity contribution in [1.82, 2.24) is 0 Å². The van der Waals surface area contributed by atoms with E-state index in [-0.39, 0.29) is 206 Å². The molecule has 0 nitrogen and oxygen atoms in total. The Morgan fingerprint density at radius 3 is 0.625 bits per heavy atom. The summed E-state index contributed by atoms with van der Waals surface area (Å²) < 4.78 is 0. The van der Waals surface area contributed by atoms with Crippen LogP contribution < -0.4 is 120 Å². The van der Waals surface area contributed by atoms with Crippen molar-refractivity contribution in [3.05, 3.63) is 0 Å². The van der Waals surface area contributed by atoms with Gasteiger partial charge in [-0.2, -0.15) is 0 Å². The summed E-state index contributed by atoms with van der Waals surface area (Å²) in [6.07, 6.45) is 0. The Balaban J connectivity index is 0. The molecule has 0 aliphatic carbocycles. The number of hydrogen-bond donors (Lipinski definition) is 0. The smallest absolute Gasteiger partial charge is 1.00 e. The minimum atomic E-state index is 0. The molecule has 0 aromatic heterocycles. The van der Waals surface area contributed by atoms with Crippen molar-refractivity contribution in [3.63, 3.8) is 0 Å². The third-order valence-corrected chi connectivity index (χ3v) is 0. The van der Waals surface area contributed by atoms with E-state index in [1.807, 2.05) is 0 Å². The molecular formula is BaCaCl4KLi+2. The summed E-state index contributed by atoms with van der Waals surface area (Å²) in [5.41, 5.74) is 0. The first-order valence-corrected chi connectivity index (χ1v) is 0. The van der Waals surface area contributed by atoms with E-state index in [1.54, 1.807) is 0 Å². The normalized spacial score (nSPS) is 0. The summed E-state index contributed by atoms with van der Waals surface area (Å²) in [6, 6.07) is 0. The third kappa shape index (κ3) is 39.8. The molecule has 0 saturated heterocycles. The summed E-state index contributed by atoms with van der Waals surface area (Å²) in [5.74, 6) is 0. The number of hydrogen-bond acceptors (Lipinski definition) is 0. The van der Waals surface area contributed by atoms with Gasteiger partial charge in [0.1, 0.15) is 0 Å². The number of halogens is 4. The van der Waals surface area contributed by atoms with E-state index in [0.717, 1.165) is 0 Å². The zero-order valence-corrected chi connectivity index (χ0v) is 17.7. The predicted octanol–water partition coefficient (Wildman–Crippen LogP) is -18.7. The van der Waals surface area contributed by atoms with Gasteiger partial charge in [-0.05, 0) is 0 Å². The van der Waals surface area contributed by atoms with Gasteiger partial charge in [0.2, 0.25) is 0 Å².